The highest BCUT2D eigenvalue weighted by Crippen LogP contribution is 2.48. The first-order chi connectivity index (χ1) is 22.7. The van der Waals surface area contributed by atoms with E-state index < -0.39 is 27.6 Å². The summed E-state index contributed by atoms with van der Waals surface area (Å²) in [5.41, 5.74) is 1.42. The molecule has 2 atom stereocenters. The van der Waals surface area contributed by atoms with Crippen LogP contribution in [0, 0.1) is 0 Å². The number of sulfonamides is 1. The molecule has 0 saturated carbocycles. The molecule has 0 bridgehead atoms. The van der Waals surface area contributed by atoms with Gasteiger partial charge in [-0.2, -0.15) is 4.31 Å². The maximum Gasteiger partial charge on any atom is 0.243 e. The fraction of sp³-hybridized carbons (Fsp3) is 0.541. The number of hydrogen-bond donors (Lipinski definition) is 1. The number of aliphatic hydroxyl groups is 1. The average Bonchev–Trinajstić information content (AvgIpc) is 3.13. The van der Waals surface area contributed by atoms with Crippen LogP contribution in [0.5, 0.6) is 5.75 Å². The van der Waals surface area contributed by atoms with Crippen LogP contribution in [0.4, 0.5) is 5.69 Å². The third kappa shape index (κ3) is 9.69. The van der Waals surface area contributed by atoms with Gasteiger partial charge >= 0.3 is 0 Å². The number of hydrogen-bond acceptors (Lipinski definition) is 7. The number of aliphatic hydroxyl groups excluding tert-OH is 1. The third-order valence-corrected chi connectivity index (χ3v) is 11.3. The summed E-state index contributed by atoms with van der Waals surface area (Å²) in [7, 11) is 1.65. The standard InChI is InChI=1S/C37H54N3O6S.HI/c1-6-8-19-37(20-9-7-2)36(41)35(33-29-31(38(3)4)15-18-34(33)47(42,43)39(37)5)30-13-16-32(17-14-30)46-28-27-45-26-25-44-24-23-40-21-11-10-12-22-40;/h10-18,21-22,29,35-36,41H,6-9,19-20,23-28H2,1-5H3;1H/q+1;/p-1/t35-,36-;/m1./s1. The predicted octanol–water partition coefficient (Wildman–Crippen LogP) is 2.40. The Morgan fingerprint density at radius 1 is 0.875 bits per heavy atom. The summed E-state index contributed by atoms with van der Waals surface area (Å²) in [6.07, 6.45) is 7.71. The maximum absolute atomic E-state index is 14.3. The highest BCUT2D eigenvalue weighted by atomic mass is 127. The Kier molecular flexibility index (Phi) is 16.1. The van der Waals surface area contributed by atoms with Crippen LogP contribution in [-0.2, 0) is 26.0 Å². The van der Waals surface area contributed by atoms with Crippen molar-refractivity contribution in [3.05, 3.63) is 84.2 Å². The first-order valence-electron chi connectivity index (χ1n) is 17.0. The highest BCUT2D eigenvalue weighted by molar-refractivity contribution is 7.89. The number of likely N-dealkylation sites (N-methyl/N-ethyl adjacent to an activating group) is 1. The van der Waals surface area contributed by atoms with Gasteiger partial charge in [-0.25, -0.2) is 13.0 Å². The molecule has 0 saturated heterocycles. The lowest BCUT2D eigenvalue weighted by atomic mass is 9.72. The number of fused-ring (bicyclic) bond motifs is 1. The van der Waals surface area contributed by atoms with Gasteiger partial charge in [-0.3, -0.25) is 0 Å². The van der Waals surface area contributed by atoms with Crippen LogP contribution in [0.3, 0.4) is 0 Å². The van der Waals surface area contributed by atoms with Crippen LogP contribution in [0.25, 0.3) is 0 Å². The van der Waals surface area contributed by atoms with Gasteiger partial charge < -0.3 is 48.2 Å². The lowest BCUT2D eigenvalue weighted by Gasteiger charge is -2.45. The van der Waals surface area contributed by atoms with E-state index in [0.717, 1.165) is 43.5 Å². The first kappa shape index (κ1) is 40.1. The van der Waals surface area contributed by atoms with Crippen LogP contribution >= 0.6 is 0 Å². The molecule has 0 amide bonds. The van der Waals surface area contributed by atoms with E-state index in [1.54, 1.807) is 13.1 Å². The molecule has 11 heteroatoms. The molecular formula is C37H54IN3O6S. The fourth-order valence-corrected chi connectivity index (χ4v) is 8.26. The van der Waals surface area contributed by atoms with Crippen molar-refractivity contribution < 1.29 is 56.3 Å². The monoisotopic (exact) mass is 795 g/mol. The van der Waals surface area contributed by atoms with Crippen LogP contribution in [0.15, 0.2) is 78.0 Å². The van der Waals surface area contributed by atoms with Crippen molar-refractivity contribution >= 4 is 15.7 Å². The summed E-state index contributed by atoms with van der Waals surface area (Å²) in [6, 6.07) is 19.2. The zero-order valence-electron chi connectivity index (χ0n) is 29.2. The van der Waals surface area contributed by atoms with E-state index in [-0.39, 0.29) is 28.9 Å². The second-order valence-electron chi connectivity index (χ2n) is 12.6. The van der Waals surface area contributed by atoms with Crippen molar-refractivity contribution in [1.82, 2.24) is 4.31 Å². The number of benzene rings is 2. The van der Waals surface area contributed by atoms with Gasteiger partial charge in [0, 0.05) is 44.9 Å². The lowest BCUT2D eigenvalue weighted by molar-refractivity contribution is -0.698. The molecule has 4 rings (SSSR count). The van der Waals surface area contributed by atoms with Gasteiger partial charge in [0.05, 0.1) is 36.4 Å². The van der Waals surface area contributed by atoms with Crippen LogP contribution in [0.2, 0.25) is 0 Å². The minimum absolute atomic E-state index is 0. The molecule has 1 aliphatic heterocycles. The molecule has 0 radical (unpaired) electrons. The summed E-state index contributed by atoms with van der Waals surface area (Å²) >= 11 is 0. The molecule has 1 N–H and O–H groups in total. The maximum atomic E-state index is 14.3. The Labute approximate surface area is 305 Å². The molecule has 0 unspecified atom stereocenters. The van der Waals surface area contributed by atoms with Crippen LogP contribution < -0.4 is 38.2 Å². The summed E-state index contributed by atoms with van der Waals surface area (Å²) in [5, 5.41) is 12.5. The molecule has 266 valence electrons. The molecule has 3 aromatic rings. The first-order valence-corrected chi connectivity index (χ1v) is 18.4. The Bertz CT molecular complexity index is 1480. The number of anilines is 1. The quantitative estimate of drug-likeness (QED) is 0.120. The average molecular weight is 796 g/mol. The third-order valence-electron chi connectivity index (χ3n) is 9.28. The van der Waals surface area contributed by atoms with E-state index in [1.807, 2.05) is 86.0 Å². The molecule has 1 aliphatic rings. The van der Waals surface area contributed by atoms with E-state index >= 15 is 0 Å². The zero-order valence-corrected chi connectivity index (χ0v) is 32.2. The minimum atomic E-state index is -3.88. The van der Waals surface area contributed by atoms with E-state index in [4.69, 9.17) is 14.2 Å². The Morgan fingerprint density at radius 3 is 2.08 bits per heavy atom. The fourth-order valence-electron chi connectivity index (χ4n) is 6.47. The predicted molar refractivity (Wildman–Crippen MR) is 186 cm³/mol. The number of nitrogens with zero attached hydrogens (tertiary/aromatic N) is 3. The minimum Gasteiger partial charge on any atom is -1.00 e. The molecule has 48 heavy (non-hydrogen) atoms. The normalized spacial score (nSPS) is 18.4. The van der Waals surface area contributed by atoms with Crippen molar-refractivity contribution in [2.75, 3.05) is 59.1 Å². The van der Waals surface area contributed by atoms with Gasteiger partial charge in [-0.05, 0) is 54.3 Å². The Hall–Kier alpha value is -2.29. The molecule has 2 aromatic carbocycles. The van der Waals surface area contributed by atoms with Gasteiger partial charge in [-0.1, -0.05) is 57.7 Å². The number of rotatable bonds is 18. The molecule has 1 aromatic heterocycles. The van der Waals surface area contributed by atoms with Crippen LogP contribution in [-0.4, -0.2) is 83.6 Å². The van der Waals surface area contributed by atoms with E-state index in [1.165, 1.54) is 4.31 Å². The van der Waals surface area contributed by atoms with E-state index in [2.05, 4.69) is 18.4 Å². The smallest absolute Gasteiger partial charge is 0.243 e. The van der Waals surface area contributed by atoms with Gasteiger partial charge in [0.25, 0.3) is 0 Å². The summed E-state index contributed by atoms with van der Waals surface area (Å²) in [5.74, 6) is 0.142. The SMILES string of the molecule is CCCCC1(CCCC)[C@H](O)[C@H](c2ccc(OCCOCCOCC[n+]3ccccc3)cc2)c2cc(N(C)C)ccc2S(=O)(=O)N1C.[I-]. The molecule has 9 nitrogen and oxygen atoms in total. The second-order valence-corrected chi connectivity index (χ2v) is 14.5. The topological polar surface area (TPSA) is 92.4 Å². The van der Waals surface area contributed by atoms with E-state index in [9.17, 15) is 13.5 Å². The second kappa shape index (κ2) is 19.2. The van der Waals surface area contributed by atoms with Crippen molar-refractivity contribution in [3.8, 4) is 5.75 Å². The molecular weight excluding hydrogens is 741 g/mol. The largest absolute Gasteiger partial charge is 1.00 e. The van der Waals surface area contributed by atoms with Gasteiger partial charge in [0.2, 0.25) is 10.0 Å². The molecule has 2 heterocycles. The van der Waals surface area contributed by atoms with Crippen molar-refractivity contribution in [2.24, 2.45) is 0 Å². The number of ether oxygens (including phenoxy) is 3. The van der Waals surface area contributed by atoms with E-state index in [0.29, 0.717) is 57.2 Å². The summed E-state index contributed by atoms with van der Waals surface area (Å²) < 4.78 is 49.5. The van der Waals surface area contributed by atoms with Gasteiger partial charge in [-0.15, -0.1) is 0 Å². The molecule has 0 fully saturated rings. The Morgan fingerprint density at radius 2 is 1.48 bits per heavy atom. The summed E-state index contributed by atoms with van der Waals surface area (Å²) in [4.78, 5) is 2.21. The number of unbranched alkanes of at least 4 members (excludes halogenated alkanes) is 2. The summed E-state index contributed by atoms with van der Waals surface area (Å²) in [6.45, 7) is 7.46. The lowest BCUT2D eigenvalue weighted by Crippen LogP contribution is -3.00. The van der Waals surface area contributed by atoms with Crippen LogP contribution in [0.1, 0.15) is 69.4 Å². The highest BCUT2D eigenvalue weighted by Gasteiger charge is 2.53. The van der Waals surface area contributed by atoms with Crippen molar-refractivity contribution in [3.63, 3.8) is 0 Å². The molecule has 0 aliphatic carbocycles. The van der Waals surface area contributed by atoms with Crippen molar-refractivity contribution in [1.29, 1.82) is 0 Å². The number of pyridine rings is 1. The number of aromatic nitrogens is 1. The number of halogens is 1. The Balaban J connectivity index is 0.00000625. The van der Waals surface area contributed by atoms with Gasteiger partial charge in [0.1, 0.15) is 19.0 Å². The molecule has 0 spiro atoms. The van der Waals surface area contributed by atoms with Gasteiger partial charge in [0.15, 0.2) is 18.9 Å². The van der Waals surface area contributed by atoms with Crippen molar-refractivity contribution in [2.45, 2.75) is 81.4 Å². The zero-order chi connectivity index (χ0) is 33.9.